The van der Waals surface area contributed by atoms with Crippen LogP contribution in [0.25, 0.3) is 5.70 Å². The molecule has 0 radical (unpaired) electrons. The molecule has 0 atom stereocenters. The van der Waals surface area contributed by atoms with Crippen LogP contribution in [0.1, 0.15) is 16.7 Å². The number of carbonyl (C=O) groups excluding carboxylic acids is 1. The molecule has 0 N–H and O–H groups in total. The second-order valence-electron chi connectivity index (χ2n) is 8.40. The van der Waals surface area contributed by atoms with Crippen LogP contribution in [0.4, 0.5) is 5.82 Å². The molecule has 1 amide bonds. The normalized spacial score (nSPS) is 16.7. The van der Waals surface area contributed by atoms with Gasteiger partial charge in [-0.15, -0.1) is 0 Å². The lowest BCUT2D eigenvalue weighted by Gasteiger charge is -2.36. The van der Waals surface area contributed by atoms with E-state index in [0.29, 0.717) is 24.5 Å². The first-order valence-corrected chi connectivity index (χ1v) is 11.3. The SMILES string of the molecule is N#Cc1cnn2c1N(C(=O)CN1CCN(Cc3ccccc3)CC1)CC=C2c1ccccc1. The zero-order chi connectivity index (χ0) is 22.6. The Kier molecular flexibility index (Phi) is 6.03. The number of rotatable bonds is 5. The summed E-state index contributed by atoms with van der Waals surface area (Å²) in [6.45, 7) is 5.26. The molecule has 2 aromatic carbocycles. The lowest BCUT2D eigenvalue weighted by molar-refractivity contribution is -0.120. The van der Waals surface area contributed by atoms with E-state index in [4.69, 9.17) is 0 Å². The van der Waals surface area contributed by atoms with Crippen molar-refractivity contribution < 1.29 is 4.79 Å². The second-order valence-corrected chi connectivity index (χ2v) is 8.40. The molecule has 0 spiro atoms. The highest BCUT2D eigenvalue weighted by atomic mass is 16.2. The van der Waals surface area contributed by atoms with Gasteiger partial charge in [0.1, 0.15) is 11.6 Å². The fraction of sp³-hybridized carbons (Fsp3) is 0.269. The first kappa shape index (κ1) is 21.1. The number of hydrogen-bond acceptors (Lipinski definition) is 5. The van der Waals surface area contributed by atoms with E-state index in [-0.39, 0.29) is 5.91 Å². The Morgan fingerprint density at radius 1 is 0.939 bits per heavy atom. The number of amides is 1. The number of carbonyl (C=O) groups is 1. The van der Waals surface area contributed by atoms with Gasteiger partial charge < -0.3 is 0 Å². The van der Waals surface area contributed by atoms with Crippen molar-refractivity contribution in [2.75, 3.05) is 44.2 Å². The topological polar surface area (TPSA) is 68.4 Å². The highest BCUT2D eigenvalue weighted by Crippen LogP contribution is 2.31. The van der Waals surface area contributed by atoms with Gasteiger partial charge in [-0.2, -0.15) is 10.4 Å². The first-order valence-electron chi connectivity index (χ1n) is 11.3. The zero-order valence-electron chi connectivity index (χ0n) is 18.5. The maximum absolute atomic E-state index is 13.3. The number of aromatic nitrogens is 2. The Balaban J connectivity index is 1.26. The number of anilines is 1. The lowest BCUT2D eigenvalue weighted by atomic mass is 10.1. The summed E-state index contributed by atoms with van der Waals surface area (Å²) in [5, 5.41) is 14.1. The van der Waals surface area contributed by atoms with Gasteiger partial charge in [0.25, 0.3) is 0 Å². The standard InChI is InChI=1S/C26H26N6O/c27-17-23-18-28-32-24(22-9-5-2-6-10-22)11-12-31(26(23)32)25(33)20-30-15-13-29(14-16-30)19-21-7-3-1-4-8-21/h1-11,18H,12-16,19-20H2. The van der Waals surface area contributed by atoms with Crippen LogP contribution in [0, 0.1) is 11.3 Å². The minimum absolute atomic E-state index is 0.00637. The molecular weight excluding hydrogens is 412 g/mol. The second kappa shape index (κ2) is 9.41. The van der Waals surface area contributed by atoms with E-state index in [1.807, 2.05) is 42.5 Å². The van der Waals surface area contributed by atoms with Gasteiger partial charge in [0.15, 0.2) is 5.82 Å². The fourth-order valence-corrected chi connectivity index (χ4v) is 4.50. The van der Waals surface area contributed by atoms with E-state index in [2.05, 4.69) is 45.2 Å². The Morgan fingerprint density at radius 2 is 1.61 bits per heavy atom. The molecule has 3 aromatic rings. The van der Waals surface area contributed by atoms with Crippen LogP contribution in [0.15, 0.2) is 72.9 Å². The van der Waals surface area contributed by atoms with Crippen LogP contribution in [-0.2, 0) is 11.3 Å². The van der Waals surface area contributed by atoms with E-state index >= 15 is 0 Å². The van der Waals surface area contributed by atoms with Crippen LogP contribution in [0.5, 0.6) is 0 Å². The molecule has 2 aliphatic heterocycles. The molecule has 0 bridgehead atoms. The van der Waals surface area contributed by atoms with Crippen LogP contribution >= 0.6 is 0 Å². The summed E-state index contributed by atoms with van der Waals surface area (Å²) in [7, 11) is 0. The fourth-order valence-electron chi connectivity index (χ4n) is 4.50. The van der Waals surface area contributed by atoms with E-state index in [1.165, 1.54) is 5.56 Å². The smallest absolute Gasteiger partial charge is 0.242 e. The van der Waals surface area contributed by atoms with E-state index in [9.17, 15) is 10.1 Å². The molecule has 7 nitrogen and oxygen atoms in total. The van der Waals surface area contributed by atoms with Crippen molar-refractivity contribution in [3.05, 3.63) is 89.6 Å². The summed E-state index contributed by atoms with van der Waals surface area (Å²) in [5.41, 5.74) is 3.63. The monoisotopic (exact) mass is 438 g/mol. The highest BCUT2D eigenvalue weighted by Gasteiger charge is 2.30. The molecule has 0 saturated carbocycles. The third kappa shape index (κ3) is 4.44. The lowest BCUT2D eigenvalue weighted by Crippen LogP contribution is -2.50. The first-order chi connectivity index (χ1) is 16.2. The summed E-state index contributed by atoms with van der Waals surface area (Å²) in [4.78, 5) is 19.6. The van der Waals surface area contributed by atoms with Crippen molar-refractivity contribution in [2.24, 2.45) is 0 Å². The summed E-state index contributed by atoms with van der Waals surface area (Å²) >= 11 is 0. The van der Waals surface area contributed by atoms with Crippen molar-refractivity contribution in [1.82, 2.24) is 19.6 Å². The average Bonchev–Trinajstić information content (AvgIpc) is 3.30. The van der Waals surface area contributed by atoms with Gasteiger partial charge in [-0.25, -0.2) is 4.68 Å². The molecule has 33 heavy (non-hydrogen) atoms. The predicted molar refractivity (Wildman–Crippen MR) is 127 cm³/mol. The third-order valence-corrected chi connectivity index (χ3v) is 6.26. The molecule has 7 heteroatoms. The van der Waals surface area contributed by atoms with Crippen molar-refractivity contribution in [3.8, 4) is 6.07 Å². The summed E-state index contributed by atoms with van der Waals surface area (Å²) in [6, 6.07) is 22.6. The quantitative estimate of drug-likeness (QED) is 0.613. The predicted octanol–water partition coefficient (Wildman–Crippen LogP) is 2.81. The highest BCUT2D eigenvalue weighted by molar-refractivity contribution is 5.97. The van der Waals surface area contributed by atoms with Gasteiger partial charge in [0.2, 0.25) is 5.91 Å². The van der Waals surface area contributed by atoms with Crippen molar-refractivity contribution in [2.45, 2.75) is 6.54 Å². The molecule has 1 aromatic heterocycles. The molecular formula is C26H26N6O. The van der Waals surface area contributed by atoms with Gasteiger partial charge in [-0.3, -0.25) is 19.5 Å². The van der Waals surface area contributed by atoms with Gasteiger partial charge in [0.05, 0.1) is 18.4 Å². The van der Waals surface area contributed by atoms with Crippen molar-refractivity contribution in [1.29, 1.82) is 5.26 Å². The molecule has 0 unspecified atom stereocenters. The van der Waals surface area contributed by atoms with Gasteiger partial charge >= 0.3 is 0 Å². The Morgan fingerprint density at radius 3 is 2.30 bits per heavy atom. The molecule has 1 fully saturated rings. The van der Waals surface area contributed by atoms with E-state index < -0.39 is 0 Å². The summed E-state index contributed by atoms with van der Waals surface area (Å²) in [6.07, 6.45) is 3.55. The number of benzene rings is 2. The van der Waals surface area contributed by atoms with Gasteiger partial charge in [-0.05, 0) is 17.2 Å². The van der Waals surface area contributed by atoms with E-state index in [0.717, 1.165) is 44.0 Å². The van der Waals surface area contributed by atoms with Crippen LogP contribution in [0.3, 0.4) is 0 Å². The number of fused-ring (bicyclic) bond motifs is 1. The number of nitriles is 1. The summed E-state index contributed by atoms with van der Waals surface area (Å²) < 4.78 is 1.72. The largest absolute Gasteiger partial charge is 0.297 e. The average molecular weight is 439 g/mol. The molecule has 166 valence electrons. The van der Waals surface area contributed by atoms with Gasteiger partial charge in [0, 0.05) is 39.3 Å². The summed E-state index contributed by atoms with van der Waals surface area (Å²) in [5.74, 6) is 0.555. The Hall–Kier alpha value is -3.73. The number of piperazine rings is 1. The minimum Gasteiger partial charge on any atom is -0.297 e. The number of nitrogens with zero attached hydrogens (tertiary/aromatic N) is 6. The molecule has 1 saturated heterocycles. The molecule has 2 aliphatic rings. The van der Waals surface area contributed by atoms with Gasteiger partial charge in [-0.1, -0.05) is 60.7 Å². The van der Waals surface area contributed by atoms with Crippen LogP contribution in [-0.4, -0.2) is 64.8 Å². The zero-order valence-corrected chi connectivity index (χ0v) is 18.5. The maximum atomic E-state index is 13.3. The van der Waals surface area contributed by atoms with Crippen molar-refractivity contribution >= 4 is 17.4 Å². The minimum atomic E-state index is -0.00637. The Bertz CT molecular complexity index is 1190. The third-order valence-electron chi connectivity index (χ3n) is 6.26. The van der Waals surface area contributed by atoms with Crippen molar-refractivity contribution in [3.63, 3.8) is 0 Å². The molecule has 0 aliphatic carbocycles. The Labute approximate surface area is 193 Å². The van der Waals surface area contributed by atoms with Crippen LogP contribution in [0.2, 0.25) is 0 Å². The van der Waals surface area contributed by atoms with E-state index in [1.54, 1.807) is 15.8 Å². The molecule has 5 rings (SSSR count). The maximum Gasteiger partial charge on any atom is 0.242 e. The number of hydrogen-bond donors (Lipinski definition) is 0. The molecule has 3 heterocycles. The van der Waals surface area contributed by atoms with Crippen LogP contribution < -0.4 is 4.90 Å².